The highest BCUT2D eigenvalue weighted by Gasteiger charge is 2.42. The molecule has 0 unspecified atom stereocenters. The van der Waals surface area contributed by atoms with Crippen LogP contribution in [0.25, 0.3) is 0 Å². The molecule has 0 aromatic heterocycles. The molecule has 0 radical (unpaired) electrons. The molecule has 0 N–H and O–H groups in total. The van der Waals surface area contributed by atoms with Crippen molar-refractivity contribution in [2.75, 3.05) is 27.2 Å². The molecular weight excluding hydrogens is 382 g/mol. The molecule has 2 bridgehead atoms. The maximum absolute atomic E-state index is 5.01. The molecule has 0 spiro atoms. The summed E-state index contributed by atoms with van der Waals surface area (Å²) in [5.41, 5.74) is 8.17. The number of hydrogen-bond acceptors (Lipinski definition) is 5. The standard InChI is InChI=1S/C26H33N5/c1-17(2)18(3)11-23(27-4)24-13-25(19-7-6-8-19)31-15-20(9-10-26(31)28-24)30-16-21-12-22(30)14-29(21)5/h9-11,13,15,21-22H,1,6-8,12,14,16H2,2-5H3/b18-11+,27-23+/t21-,22-/m0/s1. The van der Waals surface area contributed by atoms with Crippen LogP contribution in [0.15, 0.2) is 80.9 Å². The van der Waals surface area contributed by atoms with Gasteiger partial charge in [0.05, 0.1) is 17.1 Å². The summed E-state index contributed by atoms with van der Waals surface area (Å²) in [5, 5.41) is 0. The third kappa shape index (κ3) is 3.55. The van der Waals surface area contributed by atoms with Crippen molar-refractivity contribution < 1.29 is 0 Å². The van der Waals surface area contributed by atoms with Gasteiger partial charge in [0.15, 0.2) is 0 Å². The second-order valence-electron chi connectivity index (χ2n) is 9.45. The van der Waals surface area contributed by atoms with Crippen LogP contribution >= 0.6 is 0 Å². The highest BCUT2D eigenvalue weighted by atomic mass is 15.4. The lowest BCUT2D eigenvalue weighted by Gasteiger charge is -2.38. The molecule has 0 aromatic rings. The lowest BCUT2D eigenvalue weighted by molar-refractivity contribution is 0.184. The van der Waals surface area contributed by atoms with Crippen molar-refractivity contribution in [3.8, 4) is 0 Å². The number of piperazine rings is 1. The van der Waals surface area contributed by atoms with Gasteiger partial charge in [-0.2, -0.15) is 0 Å². The van der Waals surface area contributed by atoms with Crippen LogP contribution in [0.5, 0.6) is 0 Å². The van der Waals surface area contributed by atoms with Crippen LogP contribution in [0.2, 0.25) is 0 Å². The number of amidine groups is 1. The minimum absolute atomic E-state index is 0.633. The van der Waals surface area contributed by atoms with E-state index in [1.807, 2.05) is 14.0 Å². The van der Waals surface area contributed by atoms with Crippen LogP contribution in [0.4, 0.5) is 0 Å². The van der Waals surface area contributed by atoms with Crippen molar-refractivity contribution in [2.45, 2.75) is 51.6 Å². The summed E-state index contributed by atoms with van der Waals surface area (Å²) >= 11 is 0. The predicted octanol–water partition coefficient (Wildman–Crippen LogP) is 4.42. The zero-order valence-corrected chi connectivity index (χ0v) is 19.2. The van der Waals surface area contributed by atoms with Crippen LogP contribution < -0.4 is 0 Å². The summed E-state index contributed by atoms with van der Waals surface area (Å²) in [4.78, 5) is 17.0. The van der Waals surface area contributed by atoms with Gasteiger partial charge in [0.25, 0.3) is 0 Å². The predicted molar refractivity (Wildman–Crippen MR) is 129 cm³/mol. The molecule has 0 aromatic carbocycles. The fourth-order valence-corrected chi connectivity index (χ4v) is 5.07. The average Bonchev–Trinajstić information content (AvgIpc) is 3.29. The molecule has 3 fully saturated rings. The van der Waals surface area contributed by atoms with E-state index in [1.54, 1.807) is 0 Å². The van der Waals surface area contributed by atoms with E-state index < -0.39 is 0 Å². The Morgan fingerprint density at radius 1 is 1.19 bits per heavy atom. The highest BCUT2D eigenvalue weighted by molar-refractivity contribution is 6.12. The summed E-state index contributed by atoms with van der Waals surface area (Å²) in [6, 6.07) is 1.33. The van der Waals surface area contributed by atoms with Crippen molar-refractivity contribution in [3.63, 3.8) is 0 Å². The minimum atomic E-state index is 0.633. The molecule has 4 aliphatic heterocycles. The van der Waals surface area contributed by atoms with Crippen molar-refractivity contribution in [1.29, 1.82) is 0 Å². The normalized spacial score (nSPS) is 28.5. The largest absolute Gasteiger partial charge is 0.364 e. The Hall–Kier alpha value is -2.66. The summed E-state index contributed by atoms with van der Waals surface area (Å²) in [6.45, 7) is 10.5. The molecular formula is C26H33N5. The molecule has 162 valence electrons. The minimum Gasteiger partial charge on any atom is -0.364 e. The second-order valence-corrected chi connectivity index (χ2v) is 9.45. The van der Waals surface area contributed by atoms with Crippen molar-refractivity contribution in [2.24, 2.45) is 9.98 Å². The van der Waals surface area contributed by atoms with Gasteiger partial charge in [0, 0.05) is 44.1 Å². The molecule has 1 aliphatic carbocycles. The zero-order valence-electron chi connectivity index (χ0n) is 19.2. The van der Waals surface area contributed by atoms with Crippen LogP contribution in [0, 0.1) is 0 Å². The third-order valence-corrected chi connectivity index (χ3v) is 7.37. The first-order valence-corrected chi connectivity index (χ1v) is 11.4. The maximum Gasteiger partial charge on any atom is 0.137 e. The molecule has 4 heterocycles. The molecule has 2 saturated heterocycles. The molecule has 5 nitrogen and oxygen atoms in total. The third-order valence-electron chi connectivity index (χ3n) is 7.37. The van der Waals surface area contributed by atoms with Crippen molar-refractivity contribution in [1.82, 2.24) is 14.7 Å². The zero-order chi connectivity index (χ0) is 21.7. The van der Waals surface area contributed by atoms with E-state index in [9.17, 15) is 0 Å². The van der Waals surface area contributed by atoms with E-state index in [-0.39, 0.29) is 0 Å². The van der Waals surface area contributed by atoms with E-state index in [4.69, 9.17) is 4.99 Å². The van der Waals surface area contributed by atoms with Gasteiger partial charge in [0.2, 0.25) is 0 Å². The molecule has 2 atom stereocenters. The average molecular weight is 416 g/mol. The van der Waals surface area contributed by atoms with E-state index in [2.05, 4.69) is 70.7 Å². The first kappa shape index (κ1) is 20.3. The fraction of sp³-hybridized carbons (Fsp3) is 0.462. The van der Waals surface area contributed by atoms with Crippen LogP contribution in [0.1, 0.15) is 39.5 Å². The number of rotatable bonds is 4. The number of likely N-dealkylation sites (tertiary alicyclic amines) is 2. The molecule has 5 rings (SSSR count). The first-order valence-electron chi connectivity index (χ1n) is 11.4. The maximum atomic E-state index is 5.01. The number of hydrogen-bond donors (Lipinski definition) is 0. The number of fused-ring (bicyclic) bond motifs is 3. The van der Waals surface area contributed by atoms with E-state index in [0.29, 0.717) is 12.1 Å². The summed E-state index contributed by atoms with van der Waals surface area (Å²) in [5.74, 6) is 0.986. The fourth-order valence-electron chi connectivity index (χ4n) is 5.07. The van der Waals surface area contributed by atoms with Gasteiger partial charge in [-0.1, -0.05) is 12.2 Å². The van der Waals surface area contributed by atoms with Gasteiger partial charge in [-0.15, -0.1) is 0 Å². The van der Waals surface area contributed by atoms with Crippen LogP contribution in [-0.2, 0) is 0 Å². The summed E-state index contributed by atoms with van der Waals surface area (Å²) in [6.07, 6.45) is 16.0. The van der Waals surface area contributed by atoms with Gasteiger partial charge in [-0.25, -0.2) is 4.99 Å². The SMILES string of the molecule is C=C(C)/C(C)=C/C(=N\C)C1=CC(=C2CCC2)N2C=C(N3C[C@@H]4C[C@H]3CN4C)C=CC2=N1. The van der Waals surface area contributed by atoms with E-state index in [1.165, 1.54) is 49.2 Å². The number of nitrogens with zero attached hydrogens (tertiary/aromatic N) is 5. The van der Waals surface area contributed by atoms with Crippen molar-refractivity contribution in [3.05, 3.63) is 70.9 Å². The van der Waals surface area contributed by atoms with Gasteiger partial charge in [-0.05, 0) is 82.0 Å². The number of aliphatic imine (C=N–C) groups is 2. The summed E-state index contributed by atoms with van der Waals surface area (Å²) < 4.78 is 0. The Balaban J connectivity index is 1.48. The lowest BCUT2D eigenvalue weighted by Crippen LogP contribution is -2.44. The molecule has 0 amide bonds. The second kappa shape index (κ2) is 7.79. The van der Waals surface area contributed by atoms with Gasteiger partial charge in [0.1, 0.15) is 5.84 Å². The van der Waals surface area contributed by atoms with Gasteiger partial charge in [-0.3, -0.25) is 14.8 Å². The first-order chi connectivity index (χ1) is 14.9. The molecule has 31 heavy (non-hydrogen) atoms. The number of likely N-dealkylation sites (N-methyl/N-ethyl adjacent to an activating group) is 1. The Morgan fingerprint density at radius 3 is 2.58 bits per heavy atom. The van der Waals surface area contributed by atoms with Crippen molar-refractivity contribution >= 4 is 11.5 Å². The Kier molecular flexibility index (Phi) is 5.09. The monoisotopic (exact) mass is 415 g/mol. The lowest BCUT2D eigenvalue weighted by atomic mass is 9.89. The van der Waals surface area contributed by atoms with E-state index in [0.717, 1.165) is 34.9 Å². The highest BCUT2D eigenvalue weighted by Crippen LogP contribution is 2.38. The quantitative estimate of drug-likeness (QED) is 0.504. The topological polar surface area (TPSA) is 34.4 Å². The van der Waals surface area contributed by atoms with Crippen LogP contribution in [0.3, 0.4) is 0 Å². The smallest absolute Gasteiger partial charge is 0.137 e. The van der Waals surface area contributed by atoms with Crippen LogP contribution in [-0.4, -0.2) is 65.5 Å². The molecule has 5 aliphatic rings. The Bertz CT molecular complexity index is 1020. The Labute approximate surface area is 186 Å². The summed E-state index contributed by atoms with van der Waals surface area (Å²) in [7, 11) is 4.10. The molecule has 5 heteroatoms. The number of allylic oxidation sites excluding steroid dienone is 6. The van der Waals surface area contributed by atoms with Gasteiger partial charge < -0.3 is 4.90 Å². The Morgan fingerprint density at radius 2 is 2.00 bits per heavy atom. The van der Waals surface area contributed by atoms with E-state index >= 15 is 0 Å². The molecule has 1 saturated carbocycles. The van der Waals surface area contributed by atoms with Gasteiger partial charge >= 0.3 is 0 Å².